The summed E-state index contributed by atoms with van der Waals surface area (Å²) in [5.41, 5.74) is 3.94. The Balaban J connectivity index is 0.00000120. The van der Waals surface area contributed by atoms with Crippen LogP contribution in [0.3, 0.4) is 0 Å². The minimum atomic E-state index is 0. The van der Waals surface area contributed by atoms with Crippen LogP contribution in [0.2, 0.25) is 0 Å². The van der Waals surface area contributed by atoms with Crippen molar-refractivity contribution in [1.29, 1.82) is 0 Å². The molecule has 154 valence electrons. The lowest BCUT2D eigenvalue weighted by Gasteiger charge is -2.27. The third-order valence-electron chi connectivity index (χ3n) is 6.17. The normalized spacial score (nSPS) is 23.5. The molecular formula is C22H26Cl2N4O. The summed E-state index contributed by atoms with van der Waals surface area (Å²) < 4.78 is 0. The van der Waals surface area contributed by atoms with Gasteiger partial charge >= 0.3 is 0 Å². The van der Waals surface area contributed by atoms with Gasteiger partial charge in [-0.15, -0.1) is 24.8 Å². The first-order chi connectivity index (χ1) is 13.1. The van der Waals surface area contributed by atoms with E-state index in [2.05, 4.69) is 52.2 Å². The molecular weight excluding hydrogens is 407 g/mol. The molecule has 2 saturated heterocycles. The van der Waals surface area contributed by atoms with E-state index in [-0.39, 0.29) is 30.7 Å². The minimum absolute atomic E-state index is 0. The first-order valence-electron chi connectivity index (χ1n) is 9.61. The average Bonchev–Trinajstić information content (AvgIpc) is 3.31. The zero-order valence-corrected chi connectivity index (χ0v) is 18.2. The molecule has 3 heterocycles. The van der Waals surface area contributed by atoms with Crippen molar-refractivity contribution in [2.45, 2.75) is 13.0 Å². The summed E-state index contributed by atoms with van der Waals surface area (Å²) in [6.07, 6.45) is 0. The molecule has 7 heteroatoms. The molecule has 3 atom stereocenters. The quantitative estimate of drug-likeness (QED) is 0.663. The van der Waals surface area contributed by atoms with Crippen LogP contribution >= 0.6 is 24.8 Å². The maximum atomic E-state index is 13.1. The highest BCUT2D eigenvalue weighted by Crippen LogP contribution is 2.44. The lowest BCUT2D eigenvalue weighted by molar-refractivity contribution is 0.0768. The Bertz CT molecular complexity index is 1010. The fraction of sp³-hybridized carbons (Fsp3) is 0.364. The first kappa shape index (κ1) is 21.6. The number of carbonyl (C=O) groups is 1. The van der Waals surface area contributed by atoms with Crippen molar-refractivity contribution >= 4 is 41.8 Å². The molecule has 1 aromatic heterocycles. The second-order valence-corrected chi connectivity index (χ2v) is 7.98. The molecule has 0 spiro atoms. The van der Waals surface area contributed by atoms with Crippen molar-refractivity contribution in [3.05, 3.63) is 65.5 Å². The van der Waals surface area contributed by atoms with Crippen LogP contribution in [-0.4, -0.2) is 52.4 Å². The number of H-pyrrole nitrogens is 1. The molecule has 29 heavy (non-hydrogen) atoms. The number of aryl methyl sites for hydroxylation is 1. The van der Waals surface area contributed by atoms with Crippen molar-refractivity contribution in [1.82, 2.24) is 19.8 Å². The fourth-order valence-corrected chi connectivity index (χ4v) is 5.03. The molecule has 3 aromatic rings. The Hall–Kier alpha value is -2.08. The summed E-state index contributed by atoms with van der Waals surface area (Å²) in [4.78, 5) is 25.3. The monoisotopic (exact) mass is 432 g/mol. The zero-order chi connectivity index (χ0) is 18.5. The van der Waals surface area contributed by atoms with Gasteiger partial charge in [-0.05, 0) is 43.7 Å². The highest BCUT2D eigenvalue weighted by Gasteiger charge is 2.47. The Morgan fingerprint density at radius 2 is 1.83 bits per heavy atom. The number of hydrogen-bond acceptors (Lipinski definition) is 3. The molecule has 0 bridgehead atoms. The maximum absolute atomic E-state index is 13.1. The Morgan fingerprint density at radius 3 is 2.59 bits per heavy atom. The van der Waals surface area contributed by atoms with Crippen LogP contribution in [0.1, 0.15) is 27.8 Å². The number of aromatic amines is 1. The van der Waals surface area contributed by atoms with Crippen molar-refractivity contribution in [2.24, 2.45) is 11.8 Å². The van der Waals surface area contributed by atoms with E-state index in [1.807, 2.05) is 30.0 Å². The van der Waals surface area contributed by atoms with Crippen LogP contribution in [0.5, 0.6) is 0 Å². The first-order valence-corrected chi connectivity index (χ1v) is 9.61. The molecule has 0 radical (unpaired) electrons. The number of benzene rings is 2. The van der Waals surface area contributed by atoms with Crippen molar-refractivity contribution in [3.8, 4) is 0 Å². The molecule has 5 rings (SSSR count). The van der Waals surface area contributed by atoms with Crippen molar-refractivity contribution in [3.63, 3.8) is 0 Å². The summed E-state index contributed by atoms with van der Waals surface area (Å²) in [7, 11) is 2.21. The number of nitrogens with one attached hydrogen (secondary N) is 1. The van der Waals surface area contributed by atoms with Gasteiger partial charge in [-0.25, -0.2) is 4.98 Å². The SMILES string of the molecule is Cc1nc2ccc(C(=O)N3C[C@@H]4CN(C)[C@@H](c5ccccc5)[C@@H]4C3)cc2[nH]1.Cl.Cl. The molecule has 0 saturated carbocycles. The van der Waals surface area contributed by atoms with E-state index in [1.54, 1.807) is 0 Å². The summed E-state index contributed by atoms with van der Waals surface area (Å²) >= 11 is 0. The van der Waals surface area contributed by atoms with Crippen molar-refractivity contribution < 1.29 is 4.79 Å². The van der Waals surface area contributed by atoms with Crippen LogP contribution < -0.4 is 0 Å². The highest BCUT2D eigenvalue weighted by atomic mass is 35.5. The number of halogens is 2. The van der Waals surface area contributed by atoms with Gasteiger partial charge in [-0.3, -0.25) is 9.69 Å². The minimum Gasteiger partial charge on any atom is -0.342 e. The number of aromatic nitrogens is 2. The third kappa shape index (κ3) is 3.75. The average molecular weight is 433 g/mol. The summed E-state index contributed by atoms with van der Waals surface area (Å²) in [6, 6.07) is 16.9. The second-order valence-electron chi connectivity index (χ2n) is 7.98. The number of rotatable bonds is 2. The number of imidazole rings is 1. The van der Waals surface area contributed by atoms with E-state index in [9.17, 15) is 4.79 Å². The van der Waals surface area contributed by atoms with Crippen LogP contribution in [0.15, 0.2) is 48.5 Å². The van der Waals surface area contributed by atoms with Crippen LogP contribution in [0.4, 0.5) is 0 Å². The van der Waals surface area contributed by atoms with Gasteiger partial charge in [0.15, 0.2) is 0 Å². The zero-order valence-electron chi connectivity index (χ0n) is 16.5. The van der Waals surface area contributed by atoms with Crippen LogP contribution in [0, 0.1) is 18.8 Å². The van der Waals surface area contributed by atoms with Gasteiger partial charge in [0.25, 0.3) is 5.91 Å². The molecule has 2 aliphatic rings. The maximum Gasteiger partial charge on any atom is 0.253 e. The standard InChI is InChI=1S/C22H24N4O.2ClH/c1-14-23-19-9-8-16(10-20(19)24-14)22(27)26-12-17-11-25(2)21(18(17)13-26)15-6-4-3-5-7-15;;/h3-10,17-18,21H,11-13H2,1-2H3,(H,23,24);2*1H/t17-,18+,21-;;/m0../s1. The van der Waals surface area contributed by atoms with Gasteiger partial charge in [0, 0.05) is 37.2 Å². The molecule has 2 fully saturated rings. The highest BCUT2D eigenvalue weighted by molar-refractivity contribution is 5.97. The molecule has 1 N–H and O–H groups in total. The predicted molar refractivity (Wildman–Crippen MR) is 120 cm³/mol. The summed E-state index contributed by atoms with van der Waals surface area (Å²) in [5, 5.41) is 0. The number of hydrogen-bond donors (Lipinski definition) is 1. The molecule has 1 amide bonds. The Kier molecular flexibility index (Phi) is 6.22. The van der Waals surface area contributed by atoms with Crippen molar-refractivity contribution in [2.75, 3.05) is 26.7 Å². The third-order valence-corrected chi connectivity index (χ3v) is 6.17. The van der Waals surface area contributed by atoms with E-state index < -0.39 is 0 Å². The van der Waals surface area contributed by atoms with E-state index in [0.717, 1.165) is 42.1 Å². The number of carbonyl (C=O) groups excluding carboxylic acids is 1. The molecule has 0 unspecified atom stereocenters. The topological polar surface area (TPSA) is 52.2 Å². The molecule has 5 nitrogen and oxygen atoms in total. The fourth-order valence-electron chi connectivity index (χ4n) is 5.03. The molecule has 2 aromatic carbocycles. The lowest BCUT2D eigenvalue weighted by atomic mass is 9.90. The van der Waals surface area contributed by atoms with E-state index in [1.165, 1.54) is 5.56 Å². The second kappa shape index (κ2) is 8.34. The smallest absolute Gasteiger partial charge is 0.253 e. The van der Waals surface area contributed by atoms with E-state index >= 15 is 0 Å². The van der Waals surface area contributed by atoms with Gasteiger partial charge in [-0.1, -0.05) is 30.3 Å². The van der Waals surface area contributed by atoms with E-state index in [4.69, 9.17) is 0 Å². The Labute approximate surface area is 183 Å². The Morgan fingerprint density at radius 1 is 1.07 bits per heavy atom. The van der Waals surface area contributed by atoms with Gasteiger partial charge in [0.2, 0.25) is 0 Å². The van der Waals surface area contributed by atoms with E-state index in [0.29, 0.717) is 17.9 Å². The van der Waals surface area contributed by atoms with Gasteiger partial charge in [0.05, 0.1) is 11.0 Å². The number of nitrogens with zero attached hydrogens (tertiary/aromatic N) is 3. The number of likely N-dealkylation sites (tertiary alicyclic amines) is 2. The van der Waals surface area contributed by atoms with Gasteiger partial charge < -0.3 is 9.88 Å². The number of amides is 1. The van der Waals surface area contributed by atoms with Gasteiger partial charge in [0.1, 0.15) is 5.82 Å². The summed E-state index contributed by atoms with van der Waals surface area (Å²) in [6.45, 7) is 4.65. The van der Waals surface area contributed by atoms with Gasteiger partial charge in [-0.2, -0.15) is 0 Å². The van der Waals surface area contributed by atoms with Crippen LogP contribution in [0.25, 0.3) is 11.0 Å². The summed E-state index contributed by atoms with van der Waals surface area (Å²) in [5.74, 6) is 2.05. The molecule has 2 aliphatic heterocycles. The van der Waals surface area contributed by atoms with Crippen LogP contribution in [-0.2, 0) is 0 Å². The lowest BCUT2D eigenvalue weighted by Crippen LogP contribution is -2.33. The number of fused-ring (bicyclic) bond motifs is 2. The molecule has 0 aliphatic carbocycles. The largest absolute Gasteiger partial charge is 0.342 e. The predicted octanol–water partition coefficient (Wildman–Crippen LogP) is 4.09.